The molecule has 0 saturated carbocycles. The lowest BCUT2D eigenvalue weighted by Crippen LogP contribution is -2.04. The second kappa shape index (κ2) is 5.31. The van der Waals surface area contributed by atoms with Gasteiger partial charge < -0.3 is 9.77 Å². The fourth-order valence-electron chi connectivity index (χ4n) is 2.30. The summed E-state index contributed by atoms with van der Waals surface area (Å²) in [6, 6.07) is 9.20. The molecule has 1 heterocycles. The minimum atomic E-state index is -1.50. The van der Waals surface area contributed by atoms with Crippen LogP contribution in [0.15, 0.2) is 43.0 Å². The lowest BCUT2D eigenvalue weighted by Gasteiger charge is -2.12. The van der Waals surface area contributed by atoms with Crippen LogP contribution in [-0.4, -0.2) is 19.8 Å². The Labute approximate surface area is 104 Å². The van der Waals surface area contributed by atoms with E-state index >= 15 is 0 Å². The van der Waals surface area contributed by atoms with Gasteiger partial charge in [0.05, 0.1) is 12.4 Å². The van der Waals surface area contributed by atoms with Crippen molar-refractivity contribution in [2.24, 2.45) is 0 Å². The predicted molar refractivity (Wildman–Crippen MR) is 63.9 cm³/mol. The molecule has 1 aliphatic carbocycles. The fourth-order valence-corrected chi connectivity index (χ4v) is 2.30. The summed E-state index contributed by atoms with van der Waals surface area (Å²) in [6.07, 6.45) is 8.20. The highest BCUT2D eigenvalue weighted by Gasteiger charge is 2.22. The normalized spacial score (nSPS) is 16.6. The summed E-state index contributed by atoms with van der Waals surface area (Å²) in [5, 5.41) is 13.6. The van der Waals surface area contributed by atoms with Crippen molar-refractivity contribution in [2.45, 2.75) is 18.9 Å². The van der Waals surface area contributed by atoms with Gasteiger partial charge in [-0.2, -0.15) is 0 Å². The molecule has 0 spiro atoms. The standard InChI is InChI=1S/C12H12N2.HNO3/c1-2-4-11-10(3-1)5-6-12(11)14-8-7-13-9-14;2-1(3)4/h1-4,7-9,12H,5-6H2;(H,2,3,4). The van der Waals surface area contributed by atoms with Crippen molar-refractivity contribution in [1.82, 2.24) is 9.55 Å². The first-order valence-corrected chi connectivity index (χ1v) is 5.57. The van der Waals surface area contributed by atoms with Gasteiger partial charge in [-0.3, -0.25) is 0 Å². The molecule has 0 radical (unpaired) electrons. The fraction of sp³-hybridized carbons (Fsp3) is 0.250. The summed E-state index contributed by atoms with van der Waals surface area (Å²) >= 11 is 0. The van der Waals surface area contributed by atoms with Crippen LogP contribution in [0.1, 0.15) is 23.6 Å². The molecule has 0 bridgehead atoms. The van der Waals surface area contributed by atoms with Crippen LogP contribution in [0.25, 0.3) is 0 Å². The average molecular weight is 247 g/mol. The number of aryl methyl sites for hydroxylation is 1. The summed E-state index contributed by atoms with van der Waals surface area (Å²) in [5.74, 6) is 0. The Balaban J connectivity index is 0.000000267. The number of hydrogen-bond acceptors (Lipinski definition) is 3. The van der Waals surface area contributed by atoms with Crippen LogP contribution >= 0.6 is 0 Å². The number of imidazole rings is 1. The van der Waals surface area contributed by atoms with Gasteiger partial charge in [0.1, 0.15) is 0 Å². The Hall–Kier alpha value is -2.37. The molecule has 94 valence electrons. The Kier molecular flexibility index (Phi) is 3.57. The molecule has 18 heavy (non-hydrogen) atoms. The van der Waals surface area contributed by atoms with Crippen LogP contribution in [0, 0.1) is 10.1 Å². The Morgan fingerprint density at radius 3 is 2.83 bits per heavy atom. The molecule has 1 atom stereocenters. The third kappa shape index (κ3) is 2.65. The van der Waals surface area contributed by atoms with Gasteiger partial charge in [0, 0.05) is 12.4 Å². The van der Waals surface area contributed by atoms with Crippen molar-refractivity contribution >= 4 is 0 Å². The third-order valence-corrected chi connectivity index (χ3v) is 2.99. The lowest BCUT2D eigenvalue weighted by molar-refractivity contribution is -0.742. The maximum Gasteiger partial charge on any atom is 0.291 e. The zero-order chi connectivity index (χ0) is 13.0. The van der Waals surface area contributed by atoms with Crippen LogP contribution < -0.4 is 0 Å². The Morgan fingerprint density at radius 2 is 2.17 bits per heavy atom. The molecule has 1 aromatic heterocycles. The SMILES string of the molecule is O=[N+]([O-])O.c1ccc2c(c1)CCC2n1ccnc1. The van der Waals surface area contributed by atoms with Crippen molar-refractivity contribution in [3.8, 4) is 0 Å². The summed E-state index contributed by atoms with van der Waals surface area (Å²) < 4.78 is 2.20. The molecule has 1 aliphatic rings. The highest BCUT2D eigenvalue weighted by atomic mass is 16.9. The van der Waals surface area contributed by atoms with Crippen LogP contribution in [0.2, 0.25) is 0 Å². The van der Waals surface area contributed by atoms with Crippen molar-refractivity contribution in [3.05, 3.63) is 64.2 Å². The zero-order valence-corrected chi connectivity index (χ0v) is 9.64. The van der Waals surface area contributed by atoms with Gasteiger partial charge in [-0.25, -0.2) is 4.98 Å². The lowest BCUT2D eigenvalue weighted by atomic mass is 10.1. The van der Waals surface area contributed by atoms with Crippen molar-refractivity contribution in [1.29, 1.82) is 0 Å². The summed E-state index contributed by atoms with van der Waals surface area (Å²) in [5.41, 5.74) is 2.96. The Bertz CT molecular complexity index is 521. The average Bonchev–Trinajstić information content (AvgIpc) is 2.96. The molecule has 0 fully saturated rings. The molecule has 0 aliphatic heterocycles. The van der Waals surface area contributed by atoms with Gasteiger partial charge in [-0.05, 0) is 24.0 Å². The van der Waals surface area contributed by atoms with Crippen LogP contribution in [0.3, 0.4) is 0 Å². The molecule has 0 saturated heterocycles. The van der Waals surface area contributed by atoms with E-state index in [1.165, 1.54) is 24.0 Å². The van der Waals surface area contributed by atoms with Crippen molar-refractivity contribution < 1.29 is 10.3 Å². The minimum absolute atomic E-state index is 0.508. The van der Waals surface area contributed by atoms with E-state index in [-0.39, 0.29) is 0 Å². The number of nitrogens with zero attached hydrogens (tertiary/aromatic N) is 3. The molecule has 2 aromatic rings. The first-order valence-electron chi connectivity index (χ1n) is 5.57. The molecule has 0 amide bonds. The van der Waals surface area contributed by atoms with Gasteiger partial charge in [0.15, 0.2) is 0 Å². The predicted octanol–water partition coefficient (Wildman–Crippen LogP) is 2.07. The summed E-state index contributed by atoms with van der Waals surface area (Å²) in [6.45, 7) is 0. The van der Waals surface area contributed by atoms with Gasteiger partial charge in [0.25, 0.3) is 5.09 Å². The maximum absolute atomic E-state index is 8.36. The largest absolute Gasteiger partial charge is 0.330 e. The third-order valence-electron chi connectivity index (χ3n) is 2.99. The van der Waals surface area contributed by atoms with E-state index < -0.39 is 5.09 Å². The molecular weight excluding hydrogens is 234 g/mol. The monoisotopic (exact) mass is 247 g/mol. The van der Waals surface area contributed by atoms with Gasteiger partial charge >= 0.3 is 0 Å². The summed E-state index contributed by atoms with van der Waals surface area (Å²) in [4.78, 5) is 12.5. The summed E-state index contributed by atoms with van der Waals surface area (Å²) in [7, 11) is 0. The quantitative estimate of drug-likeness (QED) is 0.617. The van der Waals surface area contributed by atoms with Crippen molar-refractivity contribution in [3.63, 3.8) is 0 Å². The van der Waals surface area contributed by atoms with E-state index in [1.54, 1.807) is 0 Å². The molecule has 6 heteroatoms. The number of hydrogen-bond donors (Lipinski definition) is 1. The number of fused-ring (bicyclic) bond motifs is 1. The second-order valence-corrected chi connectivity index (χ2v) is 4.00. The van der Waals surface area contributed by atoms with E-state index in [4.69, 9.17) is 15.3 Å². The molecule has 1 aromatic carbocycles. The number of aromatic nitrogens is 2. The maximum atomic E-state index is 8.36. The highest BCUT2D eigenvalue weighted by Crippen LogP contribution is 2.33. The van der Waals surface area contributed by atoms with Gasteiger partial charge in [-0.1, -0.05) is 24.3 Å². The minimum Gasteiger partial charge on any atom is -0.330 e. The Morgan fingerprint density at radius 1 is 1.44 bits per heavy atom. The van der Waals surface area contributed by atoms with E-state index in [1.807, 2.05) is 18.7 Å². The van der Waals surface area contributed by atoms with Crippen molar-refractivity contribution in [2.75, 3.05) is 0 Å². The molecule has 1 N–H and O–H groups in total. The zero-order valence-electron chi connectivity index (χ0n) is 9.64. The smallest absolute Gasteiger partial charge is 0.291 e. The highest BCUT2D eigenvalue weighted by molar-refractivity contribution is 5.34. The topological polar surface area (TPSA) is 81.2 Å². The van der Waals surface area contributed by atoms with Crippen LogP contribution in [0.5, 0.6) is 0 Å². The molecule has 3 rings (SSSR count). The molecular formula is C12H13N3O3. The first-order chi connectivity index (χ1) is 8.68. The van der Waals surface area contributed by atoms with E-state index in [0.29, 0.717) is 6.04 Å². The van der Waals surface area contributed by atoms with Crippen LogP contribution in [0.4, 0.5) is 0 Å². The first kappa shape index (κ1) is 12.1. The number of benzene rings is 1. The molecule has 6 nitrogen and oxygen atoms in total. The van der Waals surface area contributed by atoms with E-state index in [0.717, 1.165) is 0 Å². The van der Waals surface area contributed by atoms with E-state index in [9.17, 15) is 0 Å². The van der Waals surface area contributed by atoms with Gasteiger partial charge in [-0.15, -0.1) is 10.1 Å². The van der Waals surface area contributed by atoms with E-state index in [2.05, 4.69) is 33.8 Å². The van der Waals surface area contributed by atoms with Crippen LogP contribution in [-0.2, 0) is 6.42 Å². The van der Waals surface area contributed by atoms with Gasteiger partial charge in [0.2, 0.25) is 0 Å². The number of rotatable bonds is 1. The second-order valence-electron chi connectivity index (χ2n) is 4.00. The molecule has 1 unspecified atom stereocenters.